The van der Waals surface area contributed by atoms with Crippen LogP contribution in [0.25, 0.3) is 28.1 Å². The molecule has 1 aliphatic rings. The Bertz CT molecular complexity index is 1500. The molecular weight excluding hydrogens is 503 g/mol. The molecule has 1 fully saturated rings. The Kier molecular flexibility index (Phi) is 7.66. The minimum Gasteiger partial charge on any atom is -0.314 e. The number of halogens is 1. The number of benzene rings is 2. The van der Waals surface area contributed by atoms with E-state index < -0.39 is 21.1 Å². The van der Waals surface area contributed by atoms with Gasteiger partial charge in [0.15, 0.2) is 0 Å². The number of nitrogens with one attached hydrogen (secondary N) is 1. The van der Waals surface area contributed by atoms with Crippen LogP contribution in [0.2, 0.25) is 0 Å². The molecule has 0 bridgehead atoms. The summed E-state index contributed by atoms with van der Waals surface area (Å²) in [7, 11) is -3.98. The highest BCUT2D eigenvalue weighted by atomic mass is 32.2. The van der Waals surface area contributed by atoms with Crippen LogP contribution < -0.4 is 10.5 Å². The van der Waals surface area contributed by atoms with E-state index in [1.807, 2.05) is 24.3 Å². The smallest absolute Gasteiger partial charge is 0.216 e. The highest BCUT2D eigenvalue weighted by molar-refractivity contribution is 7.89. The fourth-order valence-electron chi connectivity index (χ4n) is 4.94. The molecule has 3 N–H and O–H groups in total. The van der Waals surface area contributed by atoms with Gasteiger partial charge in [-0.2, -0.15) is 5.10 Å². The number of nitrogens with zero attached hydrogens (tertiary/aromatic N) is 4. The van der Waals surface area contributed by atoms with Gasteiger partial charge in [0.1, 0.15) is 16.8 Å². The Morgan fingerprint density at radius 1 is 1.03 bits per heavy atom. The number of hydrogen-bond acceptors (Lipinski definition) is 6. The first-order chi connectivity index (χ1) is 18.3. The standard InChI is InChI=1S/C28H31FN6O2S/c1-2-26(38(30,36)37)24-5-3-4-23(27(24)29)25-19-35(33-28(25)21-10-12-31-13-11-21)22-8-6-20(7-9-22)18-34-16-14-32-15-17-34/h3-13,19,26,32H,2,14-18H2,1H3,(H2,30,36,37). The van der Waals surface area contributed by atoms with Crippen LogP contribution in [0.5, 0.6) is 0 Å². The highest BCUT2D eigenvalue weighted by Crippen LogP contribution is 2.37. The van der Waals surface area contributed by atoms with Gasteiger partial charge < -0.3 is 5.32 Å². The van der Waals surface area contributed by atoms with Gasteiger partial charge in [-0.25, -0.2) is 22.6 Å². The minimum absolute atomic E-state index is 0.0539. The lowest BCUT2D eigenvalue weighted by Crippen LogP contribution is -2.42. The van der Waals surface area contributed by atoms with Gasteiger partial charge in [-0.05, 0) is 36.2 Å². The summed E-state index contributed by atoms with van der Waals surface area (Å²) in [4.78, 5) is 6.51. The zero-order chi connectivity index (χ0) is 26.7. The van der Waals surface area contributed by atoms with Crippen LogP contribution in [0.15, 0.2) is 73.2 Å². The lowest BCUT2D eigenvalue weighted by Gasteiger charge is -2.27. The number of nitrogens with two attached hydrogens (primary N) is 1. The van der Waals surface area contributed by atoms with Gasteiger partial charge in [-0.3, -0.25) is 9.88 Å². The number of primary sulfonamides is 1. The van der Waals surface area contributed by atoms with Crippen molar-refractivity contribution in [3.63, 3.8) is 0 Å². The molecule has 0 amide bonds. The van der Waals surface area contributed by atoms with Crippen molar-refractivity contribution in [2.45, 2.75) is 25.1 Å². The van der Waals surface area contributed by atoms with E-state index in [1.165, 1.54) is 11.6 Å². The van der Waals surface area contributed by atoms with Crippen LogP contribution >= 0.6 is 0 Å². The van der Waals surface area contributed by atoms with Crippen LogP contribution in [0.3, 0.4) is 0 Å². The topological polar surface area (TPSA) is 106 Å². The van der Waals surface area contributed by atoms with Crippen LogP contribution in [0.4, 0.5) is 4.39 Å². The summed E-state index contributed by atoms with van der Waals surface area (Å²) in [5.41, 5.74) is 4.25. The average molecular weight is 535 g/mol. The van der Waals surface area contributed by atoms with Crippen LogP contribution in [-0.2, 0) is 16.6 Å². The van der Waals surface area contributed by atoms with Gasteiger partial charge >= 0.3 is 0 Å². The number of piperazine rings is 1. The summed E-state index contributed by atoms with van der Waals surface area (Å²) >= 11 is 0. The fourth-order valence-corrected chi connectivity index (χ4v) is 5.94. The van der Waals surface area contributed by atoms with Crippen LogP contribution in [0.1, 0.15) is 29.7 Å². The van der Waals surface area contributed by atoms with E-state index >= 15 is 4.39 Å². The van der Waals surface area contributed by atoms with Crippen molar-refractivity contribution in [2.24, 2.45) is 5.14 Å². The molecule has 198 valence electrons. The van der Waals surface area contributed by atoms with Crippen LogP contribution in [0, 0.1) is 5.82 Å². The average Bonchev–Trinajstić information content (AvgIpc) is 3.36. The molecule has 2 aromatic heterocycles. The molecule has 1 unspecified atom stereocenters. The van der Waals surface area contributed by atoms with E-state index in [0.717, 1.165) is 44.0 Å². The van der Waals surface area contributed by atoms with Crippen molar-refractivity contribution < 1.29 is 12.8 Å². The maximum absolute atomic E-state index is 15.9. The first kappa shape index (κ1) is 26.2. The summed E-state index contributed by atoms with van der Waals surface area (Å²) in [6.45, 7) is 6.60. The maximum atomic E-state index is 15.9. The second-order valence-corrected chi connectivity index (χ2v) is 11.2. The van der Waals surface area contributed by atoms with Gasteiger partial charge in [-0.15, -0.1) is 0 Å². The number of hydrogen-bond donors (Lipinski definition) is 2. The zero-order valence-electron chi connectivity index (χ0n) is 21.2. The number of pyridine rings is 1. The quantitative estimate of drug-likeness (QED) is 0.355. The molecule has 1 aliphatic heterocycles. The zero-order valence-corrected chi connectivity index (χ0v) is 22.0. The van der Waals surface area contributed by atoms with Gasteiger partial charge in [0.2, 0.25) is 10.0 Å². The van der Waals surface area contributed by atoms with Crippen molar-refractivity contribution in [1.82, 2.24) is 25.0 Å². The highest BCUT2D eigenvalue weighted by Gasteiger charge is 2.27. The van der Waals surface area contributed by atoms with Crippen molar-refractivity contribution in [3.05, 3.63) is 90.1 Å². The summed E-state index contributed by atoms with van der Waals surface area (Å²) in [6.07, 6.45) is 5.25. The molecule has 10 heteroatoms. The minimum atomic E-state index is -3.98. The summed E-state index contributed by atoms with van der Waals surface area (Å²) in [6, 6.07) is 16.6. The van der Waals surface area contributed by atoms with Gasteiger partial charge in [0.25, 0.3) is 0 Å². The monoisotopic (exact) mass is 534 g/mol. The molecule has 0 radical (unpaired) electrons. The Morgan fingerprint density at radius 3 is 2.39 bits per heavy atom. The van der Waals surface area contributed by atoms with Crippen molar-refractivity contribution >= 4 is 10.0 Å². The molecule has 5 rings (SSSR count). The van der Waals surface area contributed by atoms with E-state index in [2.05, 4.69) is 27.3 Å². The first-order valence-electron chi connectivity index (χ1n) is 12.7. The predicted molar refractivity (Wildman–Crippen MR) is 146 cm³/mol. The molecular formula is C28H31FN6O2S. The van der Waals surface area contributed by atoms with E-state index in [9.17, 15) is 8.42 Å². The molecule has 8 nitrogen and oxygen atoms in total. The van der Waals surface area contributed by atoms with Gasteiger partial charge in [0.05, 0.1) is 5.69 Å². The molecule has 0 aliphatic carbocycles. The Hall–Kier alpha value is -3.44. The third-order valence-electron chi connectivity index (χ3n) is 6.92. The first-order valence-corrected chi connectivity index (χ1v) is 14.3. The lowest BCUT2D eigenvalue weighted by molar-refractivity contribution is 0.233. The predicted octanol–water partition coefficient (Wildman–Crippen LogP) is 3.89. The number of sulfonamides is 1. The Balaban J connectivity index is 1.55. The fraction of sp³-hybridized carbons (Fsp3) is 0.286. The second kappa shape index (κ2) is 11.1. The molecule has 0 saturated carbocycles. The third kappa shape index (κ3) is 5.53. The molecule has 3 heterocycles. The van der Waals surface area contributed by atoms with Crippen molar-refractivity contribution in [1.29, 1.82) is 0 Å². The van der Waals surface area contributed by atoms with Crippen molar-refractivity contribution in [2.75, 3.05) is 26.2 Å². The number of rotatable bonds is 8. The lowest BCUT2D eigenvalue weighted by atomic mass is 9.98. The molecule has 1 atom stereocenters. The largest absolute Gasteiger partial charge is 0.314 e. The van der Waals surface area contributed by atoms with Gasteiger partial charge in [0, 0.05) is 73.6 Å². The molecule has 0 spiro atoms. The summed E-state index contributed by atoms with van der Waals surface area (Å²) < 4.78 is 42.0. The maximum Gasteiger partial charge on any atom is 0.216 e. The molecule has 38 heavy (non-hydrogen) atoms. The summed E-state index contributed by atoms with van der Waals surface area (Å²) in [5, 5.41) is 12.5. The van der Waals surface area contributed by atoms with E-state index in [4.69, 9.17) is 10.2 Å². The SMILES string of the molecule is CCC(c1cccc(-c2cn(-c3ccc(CN4CCNCC4)cc3)nc2-c2ccncc2)c1F)S(N)(=O)=O. The third-order valence-corrected chi connectivity index (χ3v) is 8.30. The Labute approximate surface area is 222 Å². The van der Waals surface area contributed by atoms with Crippen LogP contribution in [-0.4, -0.2) is 54.3 Å². The molecule has 2 aromatic carbocycles. The van der Waals surface area contributed by atoms with E-state index in [-0.39, 0.29) is 17.5 Å². The van der Waals surface area contributed by atoms with Crippen molar-refractivity contribution in [3.8, 4) is 28.1 Å². The van der Waals surface area contributed by atoms with E-state index in [0.29, 0.717) is 11.3 Å². The molecule has 4 aromatic rings. The Morgan fingerprint density at radius 2 is 1.74 bits per heavy atom. The molecule has 1 saturated heterocycles. The van der Waals surface area contributed by atoms with Gasteiger partial charge in [-0.1, -0.05) is 37.3 Å². The van der Waals surface area contributed by atoms with E-state index in [1.54, 1.807) is 42.3 Å². The normalized spacial score (nSPS) is 15.4. The summed E-state index contributed by atoms with van der Waals surface area (Å²) in [5.74, 6) is -0.616. The number of aromatic nitrogens is 3. The second-order valence-electron chi connectivity index (χ2n) is 9.46.